The first kappa shape index (κ1) is 41.3. The number of hydrogen-bond donors (Lipinski definition) is 1. The second kappa shape index (κ2) is 34.4. The van der Waals surface area contributed by atoms with E-state index < -0.39 is 5.91 Å². The Kier molecular flexibility index (Phi) is 35.5. The number of nitrogens with two attached hydrogens (primary N) is 1. The molecule has 0 aromatic rings. The maximum atomic E-state index is 9.47. The van der Waals surface area contributed by atoms with Crippen molar-refractivity contribution in [3.05, 3.63) is 12.7 Å². The van der Waals surface area contributed by atoms with Crippen LogP contribution in [-0.2, 0) is 9.53 Å². The van der Waals surface area contributed by atoms with Crippen LogP contribution in [0, 0.1) is 0 Å². The Morgan fingerprint density at radius 1 is 0.525 bits per heavy atom. The minimum atomic E-state index is -0.481. The van der Waals surface area contributed by atoms with Crippen LogP contribution in [0.15, 0.2) is 12.7 Å². The number of rotatable bonds is 31. The predicted octanol–water partition coefficient (Wildman–Crippen LogP) is 12.4. The van der Waals surface area contributed by atoms with E-state index in [0.717, 1.165) is 6.08 Å². The van der Waals surface area contributed by atoms with Gasteiger partial charge in [-0.15, -0.1) is 0 Å². The Morgan fingerprint density at radius 2 is 0.725 bits per heavy atom. The van der Waals surface area contributed by atoms with Gasteiger partial charge in [-0.25, -0.2) is 0 Å². The molecule has 40 heavy (non-hydrogen) atoms. The van der Waals surface area contributed by atoms with Crippen molar-refractivity contribution in [2.24, 2.45) is 5.73 Å². The van der Waals surface area contributed by atoms with Gasteiger partial charge in [-0.3, -0.25) is 4.79 Å². The number of carbonyl (C=O) groups excluding carboxylic acids is 1. The Bertz CT molecular complexity index is 506. The molecule has 1 amide bonds. The molecule has 0 bridgehead atoms. The van der Waals surface area contributed by atoms with Crippen LogP contribution in [0.2, 0.25) is 0 Å². The summed E-state index contributed by atoms with van der Waals surface area (Å²) >= 11 is 0. The molecule has 0 rings (SSSR count). The maximum absolute atomic E-state index is 9.47. The topological polar surface area (TPSA) is 52.3 Å². The van der Waals surface area contributed by atoms with E-state index in [0.29, 0.717) is 0 Å². The Labute approximate surface area is 253 Å². The highest BCUT2D eigenvalue weighted by molar-refractivity contribution is 5.84. The van der Waals surface area contributed by atoms with E-state index in [1.165, 1.54) is 186 Å². The summed E-state index contributed by atoms with van der Waals surface area (Å²) in [5, 5.41) is 0. The third-order valence-corrected chi connectivity index (χ3v) is 8.59. The van der Waals surface area contributed by atoms with E-state index in [4.69, 9.17) is 4.74 Å². The van der Waals surface area contributed by atoms with E-state index in [9.17, 15) is 4.79 Å². The number of primary amides is 1. The summed E-state index contributed by atoms with van der Waals surface area (Å²) in [5.74, 6) is -0.481. The Morgan fingerprint density at radius 3 is 0.900 bits per heavy atom. The molecule has 240 valence electrons. The summed E-state index contributed by atoms with van der Waals surface area (Å²) in [4.78, 5) is 9.47. The molecule has 2 N–H and O–H groups in total. The number of carbonyl (C=O) groups is 1. The van der Waals surface area contributed by atoms with Crippen LogP contribution in [-0.4, -0.2) is 18.6 Å². The monoisotopic (exact) mass is 566 g/mol. The molecule has 0 spiro atoms. The highest BCUT2D eigenvalue weighted by Gasteiger charge is 2.28. The van der Waals surface area contributed by atoms with Gasteiger partial charge in [0.05, 0.1) is 5.60 Å². The van der Waals surface area contributed by atoms with Crippen molar-refractivity contribution < 1.29 is 9.53 Å². The van der Waals surface area contributed by atoms with Gasteiger partial charge in [0.1, 0.15) is 0 Å². The molecule has 3 nitrogen and oxygen atoms in total. The molecule has 0 radical (unpaired) electrons. The highest BCUT2D eigenvalue weighted by Crippen LogP contribution is 2.32. The number of amides is 1. The number of methoxy groups -OCH3 is 1. The lowest BCUT2D eigenvalue weighted by atomic mass is 9.84. The molecule has 0 heterocycles. The van der Waals surface area contributed by atoms with Crippen LogP contribution < -0.4 is 5.73 Å². The summed E-state index contributed by atoms with van der Waals surface area (Å²) < 4.78 is 6.33. The molecule has 0 saturated carbocycles. The second-order valence-electron chi connectivity index (χ2n) is 12.4. The number of unbranched alkanes of at least 4 members (excludes halogenated alkanes) is 23. The highest BCUT2D eigenvalue weighted by atomic mass is 16.5. The number of ether oxygens (including phenoxy) is 1. The average Bonchev–Trinajstić information content (AvgIpc) is 2.96. The Balaban J connectivity index is 0. The van der Waals surface area contributed by atoms with E-state index in [-0.39, 0.29) is 5.60 Å². The van der Waals surface area contributed by atoms with Gasteiger partial charge in [0.15, 0.2) is 0 Å². The van der Waals surface area contributed by atoms with Gasteiger partial charge in [-0.1, -0.05) is 194 Å². The van der Waals surface area contributed by atoms with Gasteiger partial charge < -0.3 is 10.5 Å². The standard InChI is InChI=1S/C34H70O.C3H5NO/c1-5-8-11-14-17-19-20-21-24-27-30-33-34(35-4,31-28-25-22-16-13-10-7-3)32-29-26-23-18-15-12-9-6-2;1-2-3(4)5/h5-33H2,1-4H3;2H,1H2,(H2,4,5). The molecule has 0 aliphatic carbocycles. The van der Waals surface area contributed by atoms with Crippen molar-refractivity contribution in [1.29, 1.82) is 0 Å². The third kappa shape index (κ3) is 31.7. The molecule has 0 saturated heterocycles. The van der Waals surface area contributed by atoms with Crippen LogP contribution in [0.25, 0.3) is 0 Å². The first-order valence-electron chi connectivity index (χ1n) is 18.0. The van der Waals surface area contributed by atoms with Gasteiger partial charge >= 0.3 is 0 Å². The lowest BCUT2D eigenvalue weighted by Gasteiger charge is -2.33. The zero-order valence-corrected chi connectivity index (χ0v) is 28.2. The summed E-state index contributed by atoms with van der Waals surface area (Å²) in [6.07, 6.45) is 41.9. The lowest BCUT2D eigenvalue weighted by Crippen LogP contribution is -2.31. The van der Waals surface area contributed by atoms with Gasteiger partial charge in [0.25, 0.3) is 0 Å². The second-order valence-corrected chi connectivity index (χ2v) is 12.4. The molecular formula is C37H75NO2. The van der Waals surface area contributed by atoms with E-state index >= 15 is 0 Å². The van der Waals surface area contributed by atoms with Gasteiger partial charge in [-0.05, 0) is 25.3 Å². The normalized spacial score (nSPS) is 12.5. The van der Waals surface area contributed by atoms with Crippen molar-refractivity contribution in [3.63, 3.8) is 0 Å². The van der Waals surface area contributed by atoms with Gasteiger partial charge in [0, 0.05) is 7.11 Å². The van der Waals surface area contributed by atoms with Crippen molar-refractivity contribution in [2.75, 3.05) is 7.11 Å². The van der Waals surface area contributed by atoms with Crippen molar-refractivity contribution in [1.82, 2.24) is 0 Å². The smallest absolute Gasteiger partial charge is 0.240 e. The van der Waals surface area contributed by atoms with E-state index in [1.54, 1.807) is 0 Å². The van der Waals surface area contributed by atoms with Crippen molar-refractivity contribution in [2.45, 2.75) is 213 Å². The molecule has 0 aromatic heterocycles. The van der Waals surface area contributed by atoms with Crippen LogP contribution in [0.3, 0.4) is 0 Å². The quantitative estimate of drug-likeness (QED) is 0.0671. The summed E-state index contributed by atoms with van der Waals surface area (Å²) in [6, 6.07) is 0. The molecule has 0 aromatic carbocycles. The van der Waals surface area contributed by atoms with Crippen molar-refractivity contribution >= 4 is 5.91 Å². The van der Waals surface area contributed by atoms with E-state index in [2.05, 4.69) is 33.1 Å². The lowest BCUT2D eigenvalue weighted by molar-refractivity contribution is -0.113. The van der Waals surface area contributed by atoms with Crippen LogP contribution in [0.1, 0.15) is 207 Å². The first-order valence-corrected chi connectivity index (χ1v) is 18.0. The predicted molar refractivity (Wildman–Crippen MR) is 180 cm³/mol. The fourth-order valence-corrected chi connectivity index (χ4v) is 5.78. The molecule has 1 unspecified atom stereocenters. The zero-order valence-electron chi connectivity index (χ0n) is 28.2. The summed E-state index contributed by atoms with van der Waals surface area (Å²) in [6.45, 7) is 10.0. The maximum Gasteiger partial charge on any atom is 0.240 e. The summed E-state index contributed by atoms with van der Waals surface area (Å²) in [5.41, 5.74) is 4.71. The van der Waals surface area contributed by atoms with E-state index in [1.807, 2.05) is 7.11 Å². The van der Waals surface area contributed by atoms with Gasteiger partial charge in [-0.2, -0.15) is 0 Å². The SMILES string of the molecule is C=CC(N)=O.CCCCCCCCCCCCCC(CCCCCCCCC)(CCCCCCCCCC)OC. The largest absolute Gasteiger partial charge is 0.378 e. The molecular weight excluding hydrogens is 490 g/mol. The third-order valence-electron chi connectivity index (χ3n) is 8.59. The summed E-state index contributed by atoms with van der Waals surface area (Å²) in [7, 11) is 2.02. The molecule has 3 heteroatoms. The van der Waals surface area contributed by atoms with Crippen LogP contribution in [0.4, 0.5) is 0 Å². The zero-order chi connectivity index (χ0) is 30.0. The minimum absolute atomic E-state index is 0.172. The molecule has 0 fully saturated rings. The molecule has 0 aliphatic rings. The fourth-order valence-electron chi connectivity index (χ4n) is 5.78. The van der Waals surface area contributed by atoms with Crippen LogP contribution in [0.5, 0.6) is 0 Å². The number of hydrogen-bond acceptors (Lipinski definition) is 2. The molecule has 1 atom stereocenters. The molecule has 0 aliphatic heterocycles. The van der Waals surface area contributed by atoms with Gasteiger partial charge in [0.2, 0.25) is 5.91 Å². The fraction of sp³-hybridized carbons (Fsp3) is 0.919. The Hall–Kier alpha value is -0.830. The minimum Gasteiger partial charge on any atom is -0.378 e. The first-order chi connectivity index (χ1) is 19.5. The van der Waals surface area contributed by atoms with Crippen molar-refractivity contribution in [3.8, 4) is 0 Å². The van der Waals surface area contributed by atoms with Crippen LogP contribution >= 0.6 is 0 Å². The average molecular weight is 566 g/mol.